The highest BCUT2D eigenvalue weighted by Gasteiger charge is 2.25. The molecule has 0 rings (SSSR count). The molecule has 0 aromatic heterocycles. The molecule has 1 atom stereocenters. The Morgan fingerprint density at radius 3 is 1.95 bits per heavy atom. The number of carboxylic acids is 2. The highest BCUT2D eigenvalue weighted by molar-refractivity contribution is 5.86. The molecule has 0 aliphatic carbocycles. The molecule has 0 unspecified atom stereocenters. The molecule has 0 saturated carbocycles. The maximum absolute atomic E-state index is 11.9. The third-order valence-electron chi connectivity index (χ3n) is 2.39. The average Bonchev–Trinajstić information content (AvgIpc) is 2.37. The molecule has 116 valence electrons. The lowest BCUT2D eigenvalue weighted by Gasteiger charge is -2.24. The SMILES string of the molecule is COCCN(CCOC)C(=O)N[C@H](CC(=O)O)C(=O)O. The number of methoxy groups -OCH3 is 2. The van der Waals surface area contributed by atoms with Crippen LogP contribution in [0.3, 0.4) is 0 Å². The summed E-state index contributed by atoms with van der Waals surface area (Å²) in [5.41, 5.74) is 0. The molecular weight excluding hydrogens is 272 g/mol. The van der Waals surface area contributed by atoms with E-state index in [0.717, 1.165) is 0 Å². The molecule has 0 radical (unpaired) electrons. The molecule has 0 bridgehead atoms. The van der Waals surface area contributed by atoms with E-state index in [1.54, 1.807) is 0 Å². The Balaban J connectivity index is 4.59. The smallest absolute Gasteiger partial charge is 0.326 e. The van der Waals surface area contributed by atoms with E-state index < -0.39 is 30.4 Å². The summed E-state index contributed by atoms with van der Waals surface area (Å²) < 4.78 is 9.69. The zero-order chi connectivity index (χ0) is 15.5. The van der Waals surface area contributed by atoms with Gasteiger partial charge in [-0.3, -0.25) is 4.79 Å². The van der Waals surface area contributed by atoms with Crippen LogP contribution < -0.4 is 5.32 Å². The Kier molecular flexibility index (Phi) is 9.05. The topological polar surface area (TPSA) is 125 Å². The Labute approximate surface area is 116 Å². The average molecular weight is 292 g/mol. The first-order valence-corrected chi connectivity index (χ1v) is 5.90. The lowest BCUT2D eigenvalue weighted by atomic mass is 10.2. The van der Waals surface area contributed by atoms with Crippen LogP contribution in [0.15, 0.2) is 0 Å². The maximum atomic E-state index is 11.9. The second kappa shape index (κ2) is 9.98. The molecule has 0 aromatic rings. The zero-order valence-corrected chi connectivity index (χ0v) is 11.5. The lowest BCUT2D eigenvalue weighted by molar-refractivity contribution is -0.145. The van der Waals surface area contributed by atoms with Crippen molar-refractivity contribution in [3.05, 3.63) is 0 Å². The minimum atomic E-state index is -1.48. The molecule has 0 aliphatic heterocycles. The molecule has 3 N–H and O–H groups in total. The molecular formula is C11H20N2O7. The molecule has 9 nitrogen and oxygen atoms in total. The fraction of sp³-hybridized carbons (Fsp3) is 0.727. The van der Waals surface area contributed by atoms with Crippen LogP contribution in [0, 0.1) is 0 Å². The quantitative estimate of drug-likeness (QED) is 0.482. The highest BCUT2D eigenvalue weighted by Crippen LogP contribution is 1.97. The van der Waals surface area contributed by atoms with Gasteiger partial charge in [0.25, 0.3) is 0 Å². The largest absolute Gasteiger partial charge is 0.481 e. The third-order valence-corrected chi connectivity index (χ3v) is 2.39. The van der Waals surface area contributed by atoms with Crippen LogP contribution in [-0.4, -0.2) is 79.6 Å². The van der Waals surface area contributed by atoms with Crippen molar-refractivity contribution in [3.63, 3.8) is 0 Å². The standard InChI is InChI=1S/C11H20N2O7/c1-19-5-3-13(4-6-20-2)11(18)12-8(10(16)17)7-9(14)15/h8H,3-7H2,1-2H3,(H,12,18)(H,14,15)(H,16,17)/t8-/m1/s1. The number of hydrogen-bond acceptors (Lipinski definition) is 5. The Hall–Kier alpha value is -1.87. The van der Waals surface area contributed by atoms with E-state index >= 15 is 0 Å². The minimum Gasteiger partial charge on any atom is -0.481 e. The van der Waals surface area contributed by atoms with Crippen molar-refractivity contribution >= 4 is 18.0 Å². The molecule has 0 fully saturated rings. The normalized spacial score (nSPS) is 11.7. The van der Waals surface area contributed by atoms with Crippen LogP contribution >= 0.6 is 0 Å². The van der Waals surface area contributed by atoms with E-state index in [0.29, 0.717) is 0 Å². The van der Waals surface area contributed by atoms with Gasteiger partial charge in [-0.25, -0.2) is 9.59 Å². The van der Waals surface area contributed by atoms with Gasteiger partial charge < -0.3 is 29.9 Å². The molecule has 20 heavy (non-hydrogen) atoms. The van der Waals surface area contributed by atoms with E-state index in [2.05, 4.69) is 5.32 Å². The molecule has 0 aromatic carbocycles. The number of urea groups is 1. The van der Waals surface area contributed by atoms with Crippen LogP contribution in [0.4, 0.5) is 4.79 Å². The van der Waals surface area contributed by atoms with Crippen molar-refractivity contribution in [2.75, 3.05) is 40.5 Å². The Morgan fingerprint density at radius 2 is 1.60 bits per heavy atom. The number of nitrogens with zero attached hydrogens (tertiary/aromatic N) is 1. The third kappa shape index (κ3) is 7.54. The number of amides is 2. The van der Waals surface area contributed by atoms with Crippen molar-refractivity contribution in [2.24, 2.45) is 0 Å². The number of aliphatic carboxylic acids is 2. The molecule has 0 saturated heterocycles. The van der Waals surface area contributed by atoms with E-state index in [1.165, 1.54) is 19.1 Å². The lowest BCUT2D eigenvalue weighted by Crippen LogP contribution is -2.50. The number of carboxylic acid groups (broad SMARTS) is 2. The number of rotatable bonds is 10. The van der Waals surface area contributed by atoms with E-state index in [4.69, 9.17) is 19.7 Å². The monoisotopic (exact) mass is 292 g/mol. The first kappa shape index (κ1) is 18.1. The Morgan fingerprint density at radius 1 is 1.10 bits per heavy atom. The number of ether oxygens (including phenoxy) is 2. The van der Waals surface area contributed by atoms with Crippen LogP contribution in [0.2, 0.25) is 0 Å². The van der Waals surface area contributed by atoms with E-state index in [1.807, 2.05) is 0 Å². The summed E-state index contributed by atoms with van der Waals surface area (Å²) in [7, 11) is 2.94. The van der Waals surface area contributed by atoms with Crippen LogP contribution in [0.5, 0.6) is 0 Å². The van der Waals surface area contributed by atoms with Gasteiger partial charge in [0, 0.05) is 27.3 Å². The predicted molar refractivity (Wildman–Crippen MR) is 67.5 cm³/mol. The van der Waals surface area contributed by atoms with E-state index in [-0.39, 0.29) is 26.3 Å². The summed E-state index contributed by atoms with van der Waals surface area (Å²) in [6, 6.07) is -2.15. The number of hydrogen-bond donors (Lipinski definition) is 3. The molecule has 0 heterocycles. The molecule has 0 aliphatic rings. The molecule has 9 heteroatoms. The predicted octanol–water partition coefficient (Wildman–Crippen LogP) is -0.781. The van der Waals surface area contributed by atoms with E-state index in [9.17, 15) is 14.4 Å². The van der Waals surface area contributed by atoms with Gasteiger partial charge in [-0.15, -0.1) is 0 Å². The van der Waals surface area contributed by atoms with Crippen molar-refractivity contribution in [3.8, 4) is 0 Å². The van der Waals surface area contributed by atoms with Crippen LogP contribution in [0.25, 0.3) is 0 Å². The van der Waals surface area contributed by atoms with Crippen molar-refractivity contribution in [1.29, 1.82) is 0 Å². The van der Waals surface area contributed by atoms with Crippen LogP contribution in [-0.2, 0) is 19.1 Å². The van der Waals surface area contributed by atoms with Gasteiger partial charge in [-0.05, 0) is 0 Å². The molecule has 2 amide bonds. The summed E-state index contributed by atoms with van der Waals surface area (Å²) in [5.74, 6) is -2.71. The van der Waals surface area contributed by atoms with Gasteiger partial charge in [0.15, 0.2) is 0 Å². The van der Waals surface area contributed by atoms with Gasteiger partial charge in [0.1, 0.15) is 6.04 Å². The first-order valence-electron chi connectivity index (χ1n) is 5.90. The number of nitrogens with one attached hydrogen (secondary N) is 1. The summed E-state index contributed by atoms with van der Waals surface area (Å²) in [5, 5.41) is 19.6. The minimum absolute atomic E-state index is 0.241. The number of carbonyl (C=O) groups excluding carboxylic acids is 1. The van der Waals surface area contributed by atoms with Gasteiger partial charge in [-0.1, -0.05) is 0 Å². The summed E-state index contributed by atoms with van der Waals surface area (Å²) in [6.45, 7) is 1.03. The second-order valence-corrected chi connectivity index (χ2v) is 3.91. The fourth-order valence-corrected chi connectivity index (χ4v) is 1.33. The zero-order valence-electron chi connectivity index (χ0n) is 11.5. The molecule has 0 spiro atoms. The Bertz CT molecular complexity index is 327. The summed E-state index contributed by atoms with van der Waals surface area (Å²) >= 11 is 0. The first-order chi connectivity index (χ1) is 9.42. The fourth-order valence-electron chi connectivity index (χ4n) is 1.33. The summed E-state index contributed by atoms with van der Waals surface area (Å²) in [6.07, 6.45) is -0.691. The summed E-state index contributed by atoms with van der Waals surface area (Å²) in [4.78, 5) is 34.6. The number of carbonyl (C=O) groups is 3. The maximum Gasteiger partial charge on any atom is 0.326 e. The van der Waals surface area contributed by atoms with Gasteiger partial charge in [-0.2, -0.15) is 0 Å². The van der Waals surface area contributed by atoms with Crippen molar-refractivity contribution < 1.29 is 34.1 Å². The van der Waals surface area contributed by atoms with Gasteiger partial charge in [0.2, 0.25) is 0 Å². The van der Waals surface area contributed by atoms with Crippen LogP contribution in [0.1, 0.15) is 6.42 Å². The van der Waals surface area contributed by atoms with Gasteiger partial charge in [0.05, 0.1) is 19.6 Å². The second-order valence-electron chi connectivity index (χ2n) is 3.91. The van der Waals surface area contributed by atoms with Crippen molar-refractivity contribution in [2.45, 2.75) is 12.5 Å². The highest BCUT2D eigenvalue weighted by atomic mass is 16.5. The van der Waals surface area contributed by atoms with Gasteiger partial charge >= 0.3 is 18.0 Å². The van der Waals surface area contributed by atoms with Crippen molar-refractivity contribution in [1.82, 2.24) is 10.2 Å².